The van der Waals surface area contributed by atoms with Crippen LogP contribution in [-0.4, -0.2) is 67.2 Å². The van der Waals surface area contributed by atoms with Gasteiger partial charge in [-0.1, -0.05) is 0 Å². The van der Waals surface area contributed by atoms with Crippen LogP contribution < -0.4 is 20.3 Å². The molecular formula is C28H35FN6O2. The highest BCUT2D eigenvalue weighted by molar-refractivity contribution is 5.94. The molecule has 2 heterocycles. The first-order chi connectivity index (χ1) is 17.8. The largest absolute Gasteiger partial charge is 0.494 e. The lowest BCUT2D eigenvalue weighted by molar-refractivity contribution is 0.0962. The van der Waals surface area contributed by atoms with E-state index in [1.54, 1.807) is 18.5 Å². The molecule has 0 bridgehead atoms. The molecule has 0 radical (unpaired) electrons. The molecule has 0 unspecified atom stereocenters. The van der Waals surface area contributed by atoms with Crippen molar-refractivity contribution in [2.45, 2.75) is 38.8 Å². The molecule has 196 valence electrons. The van der Waals surface area contributed by atoms with Crippen LogP contribution in [0.5, 0.6) is 5.75 Å². The van der Waals surface area contributed by atoms with Crippen molar-refractivity contribution in [1.29, 1.82) is 0 Å². The lowest BCUT2D eigenvalue weighted by atomic mass is 10.0. The van der Waals surface area contributed by atoms with E-state index < -0.39 is 5.82 Å². The maximum atomic E-state index is 14.7. The van der Waals surface area contributed by atoms with E-state index in [9.17, 15) is 9.18 Å². The van der Waals surface area contributed by atoms with E-state index in [0.717, 1.165) is 24.3 Å². The molecule has 8 nitrogen and oxygen atoms in total. The Morgan fingerprint density at radius 3 is 2.32 bits per heavy atom. The average Bonchev–Trinajstić information content (AvgIpc) is 2.91. The Labute approximate surface area is 217 Å². The Kier molecular flexibility index (Phi) is 8.23. The van der Waals surface area contributed by atoms with Gasteiger partial charge in [0.2, 0.25) is 5.95 Å². The molecule has 37 heavy (non-hydrogen) atoms. The molecule has 2 aromatic carbocycles. The minimum atomic E-state index is -0.460. The predicted molar refractivity (Wildman–Crippen MR) is 144 cm³/mol. The highest BCUT2D eigenvalue weighted by Gasteiger charge is 2.26. The zero-order valence-corrected chi connectivity index (χ0v) is 22.1. The number of ether oxygens (including phenoxy) is 1. The van der Waals surface area contributed by atoms with Crippen LogP contribution in [0.3, 0.4) is 0 Å². The summed E-state index contributed by atoms with van der Waals surface area (Å²) < 4.78 is 19.8. The van der Waals surface area contributed by atoms with Gasteiger partial charge in [0.05, 0.1) is 7.11 Å². The van der Waals surface area contributed by atoms with E-state index in [1.165, 1.54) is 25.9 Å². The van der Waals surface area contributed by atoms with Crippen LogP contribution >= 0.6 is 0 Å². The number of carbonyl (C=O) groups excluding carboxylic acids is 1. The summed E-state index contributed by atoms with van der Waals surface area (Å²) in [6.07, 6.45) is 4.37. The van der Waals surface area contributed by atoms with Gasteiger partial charge in [0.15, 0.2) is 11.6 Å². The van der Waals surface area contributed by atoms with Gasteiger partial charge in [-0.15, -0.1) is 0 Å². The van der Waals surface area contributed by atoms with Crippen molar-refractivity contribution in [1.82, 2.24) is 20.2 Å². The summed E-state index contributed by atoms with van der Waals surface area (Å²) in [5.74, 6) is -0.209. The van der Waals surface area contributed by atoms with Crippen molar-refractivity contribution >= 4 is 23.2 Å². The number of carbonyl (C=O) groups is 1. The third-order valence-corrected chi connectivity index (χ3v) is 7.06. The van der Waals surface area contributed by atoms with Crippen LogP contribution in [0.15, 0.2) is 48.8 Å². The molecule has 1 aromatic heterocycles. The summed E-state index contributed by atoms with van der Waals surface area (Å²) in [6, 6.07) is 12.3. The number of piperazine rings is 1. The fourth-order valence-corrected chi connectivity index (χ4v) is 4.59. The zero-order chi connectivity index (χ0) is 26.5. The Balaban J connectivity index is 1.37. The molecule has 0 saturated carbocycles. The SMILES string of the molecule is CNC(=O)c1cc(CCc2cnc(Nc3ccc(N4C[C@@H](C)N(C)[C@@H](C)C4)cc3)nc2)c(F)c(OC)c1. The number of nitrogens with zero attached hydrogens (tertiary/aromatic N) is 4. The summed E-state index contributed by atoms with van der Waals surface area (Å²) in [7, 11) is 5.11. The Morgan fingerprint density at radius 2 is 1.73 bits per heavy atom. The first kappa shape index (κ1) is 26.3. The number of amides is 1. The highest BCUT2D eigenvalue weighted by Crippen LogP contribution is 2.26. The third-order valence-electron chi connectivity index (χ3n) is 7.06. The summed E-state index contributed by atoms with van der Waals surface area (Å²) in [5, 5.41) is 5.80. The fraction of sp³-hybridized carbons (Fsp3) is 0.393. The van der Waals surface area contributed by atoms with Crippen molar-refractivity contribution in [2.75, 3.05) is 44.5 Å². The van der Waals surface area contributed by atoms with Crippen LogP contribution in [0.25, 0.3) is 0 Å². The van der Waals surface area contributed by atoms with E-state index in [4.69, 9.17) is 4.74 Å². The second-order valence-electron chi connectivity index (χ2n) is 9.59. The van der Waals surface area contributed by atoms with Crippen molar-refractivity contribution in [2.24, 2.45) is 0 Å². The van der Waals surface area contributed by atoms with Crippen LogP contribution in [-0.2, 0) is 12.8 Å². The van der Waals surface area contributed by atoms with Crippen molar-refractivity contribution < 1.29 is 13.9 Å². The van der Waals surface area contributed by atoms with Crippen molar-refractivity contribution in [3.05, 3.63) is 71.3 Å². The number of nitrogens with one attached hydrogen (secondary N) is 2. The normalized spacial score (nSPS) is 17.9. The first-order valence-electron chi connectivity index (χ1n) is 12.5. The van der Waals surface area contributed by atoms with E-state index in [1.807, 2.05) is 12.1 Å². The number of likely N-dealkylation sites (N-methyl/N-ethyl adjacent to an activating group) is 1. The minimum Gasteiger partial charge on any atom is -0.494 e. The van der Waals surface area contributed by atoms with Crippen molar-refractivity contribution in [3.8, 4) is 5.75 Å². The topological polar surface area (TPSA) is 82.6 Å². The van der Waals surface area contributed by atoms with Gasteiger partial charge in [0, 0.05) is 61.6 Å². The predicted octanol–water partition coefficient (Wildman–Crippen LogP) is 4.04. The molecule has 4 rings (SSSR count). The molecule has 1 amide bonds. The van der Waals surface area contributed by atoms with Gasteiger partial charge in [-0.25, -0.2) is 14.4 Å². The van der Waals surface area contributed by atoms with E-state index in [-0.39, 0.29) is 11.7 Å². The number of hydrogen-bond donors (Lipinski definition) is 2. The number of aromatic nitrogens is 2. The van der Waals surface area contributed by atoms with Gasteiger partial charge in [-0.2, -0.15) is 0 Å². The zero-order valence-electron chi connectivity index (χ0n) is 22.1. The van der Waals surface area contributed by atoms with Crippen LogP contribution in [0.1, 0.15) is 35.3 Å². The summed E-state index contributed by atoms with van der Waals surface area (Å²) >= 11 is 0. The molecule has 1 aliphatic rings. The Hall–Kier alpha value is -3.72. The van der Waals surface area contributed by atoms with E-state index >= 15 is 0 Å². The second kappa shape index (κ2) is 11.6. The molecular weight excluding hydrogens is 471 g/mol. The molecule has 2 atom stereocenters. The van der Waals surface area contributed by atoms with Gasteiger partial charge in [0.1, 0.15) is 0 Å². The van der Waals surface area contributed by atoms with Gasteiger partial charge in [-0.3, -0.25) is 9.69 Å². The highest BCUT2D eigenvalue weighted by atomic mass is 19.1. The van der Waals surface area contributed by atoms with Crippen molar-refractivity contribution in [3.63, 3.8) is 0 Å². The van der Waals surface area contributed by atoms with Crippen LogP contribution in [0.2, 0.25) is 0 Å². The number of anilines is 3. The minimum absolute atomic E-state index is 0.0505. The van der Waals surface area contributed by atoms with Gasteiger partial charge in [0.25, 0.3) is 5.91 Å². The number of rotatable bonds is 8. The lowest BCUT2D eigenvalue weighted by Gasteiger charge is -2.43. The molecule has 9 heteroatoms. The third kappa shape index (κ3) is 6.17. The maximum Gasteiger partial charge on any atom is 0.251 e. The average molecular weight is 507 g/mol. The Bertz CT molecular complexity index is 1210. The monoisotopic (exact) mass is 506 g/mol. The number of benzene rings is 2. The molecule has 1 fully saturated rings. The quantitative estimate of drug-likeness (QED) is 0.477. The number of halogens is 1. The maximum absolute atomic E-state index is 14.7. The van der Waals surface area contributed by atoms with Gasteiger partial charge >= 0.3 is 0 Å². The molecule has 1 saturated heterocycles. The first-order valence-corrected chi connectivity index (χ1v) is 12.5. The smallest absolute Gasteiger partial charge is 0.251 e. The molecule has 1 aliphatic heterocycles. The summed E-state index contributed by atoms with van der Waals surface area (Å²) in [6.45, 7) is 6.53. The number of aryl methyl sites for hydroxylation is 2. The standard InChI is InChI=1S/C28H35FN6O2/c1-18-16-35(17-19(2)34(18)4)24-10-8-23(9-11-24)33-28-31-14-20(15-32-28)6-7-21-12-22(27(36)30-3)13-25(37-5)26(21)29/h8-15,18-19H,6-7,16-17H2,1-5H3,(H,30,36)(H,31,32,33)/t18-,19+. The van der Waals surface area contributed by atoms with Crippen LogP contribution in [0, 0.1) is 5.82 Å². The van der Waals surface area contributed by atoms with Crippen LogP contribution in [0.4, 0.5) is 21.7 Å². The summed E-state index contributed by atoms with van der Waals surface area (Å²) in [5.41, 5.74) is 3.74. The molecule has 0 spiro atoms. The van der Waals surface area contributed by atoms with E-state index in [2.05, 4.69) is 63.4 Å². The lowest BCUT2D eigenvalue weighted by Crippen LogP contribution is -2.55. The Morgan fingerprint density at radius 1 is 1.08 bits per heavy atom. The molecule has 0 aliphatic carbocycles. The molecule has 3 aromatic rings. The molecule has 2 N–H and O–H groups in total. The fourth-order valence-electron chi connectivity index (χ4n) is 4.59. The number of methoxy groups -OCH3 is 1. The van der Waals surface area contributed by atoms with Gasteiger partial charge < -0.3 is 20.3 Å². The number of hydrogen-bond acceptors (Lipinski definition) is 7. The van der Waals surface area contributed by atoms with Gasteiger partial charge in [-0.05, 0) is 81.3 Å². The second-order valence-corrected chi connectivity index (χ2v) is 9.59. The summed E-state index contributed by atoms with van der Waals surface area (Å²) in [4.78, 5) is 25.7. The van der Waals surface area contributed by atoms with E-state index in [0.29, 0.717) is 42.0 Å².